The van der Waals surface area contributed by atoms with Crippen molar-refractivity contribution in [3.8, 4) is 11.5 Å². The molecule has 2 aromatic carbocycles. The summed E-state index contributed by atoms with van der Waals surface area (Å²) in [7, 11) is 1.57. The van der Waals surface area contributed by atoms with Crippen LogP contribution in [-0.4, -0.2) is 13.7 Å². The average molecular weight is 372 g/mol. The fourth-order valence-corrected chi connectivity index (χ4v) is 2.30. The van der Waals surface area contributed by atoms with Gasteiger partial charge in [0.2, 0.25) is 0 Å². The summed E-state index contributed by atoms with van der Waals surface area (Å²) in [6, 6.07) is 10.2. The van der Waals surface area contributed by atoms with Gasteiger partial charge in [-0.15, -0.1) is 19.0 Å². The molecule has 0 radical (unpaired) electrons. The maximum atomic E-state index is 13.8. The standard InChI is InChI=1S/C18H19ClFNO2.ClH/c1-3-9-21-11-13-7-8-17(18(10-13)22-2)23-12-14-15(19)5-4-6-16(14)20;/h3-8,10,21H,1,9,11-12H2,2H3;1H. The molecule has 0 aliphatic rings. The number of rotatable bonds is 8. The summed E-state index contributed by atoms with van der Waals surface area (Å²) < 4.78 is 24.8. The van der Waals surface area contributed by atoms with E-state index >= 15 is 0 Å². The molecule has 130 valence electrons. The van der Waals surface area contributed by atoms with Crippen LogP contribution in [0.5, 0.6) is 11.5 Å². The molecule has 0 unspecified atom stereocenters. The van der Waals surface area contributed by atoms with E-state index in [2.05, 4.69) is 11.9 Å². The second-order valence-electron chi connectivity index (χ2n) is 4.89. The molecular weight excluding hydrogens is 352 g/mol. The number of benzene rings is 2. The summed E-state index contributed by atoms with van der Waals surface area (Å²) in [5, 5.41) is 3.56. The first-order valence-electron chi connectivity index (χ1n) is 7.20. The molecule has 0 heterocycles. The van der Waals surface area contributed by atoms with Crippen LogP contribution < -0.4 is 14.8 Å². The van der Waals surface area contributed by atoms with E-state index in [1.807, 2.05) is 12.1 Å². The first-order chi connectivity index (χ1) is 11.2. The molecule has 3 nitrogen and oxygen atoms in total. The van der Waals surface area contributed by atoms with Gasteiger partial charge >= 0.3 is 0 Å². The van der Waals surface area contributed by atoms with E-state index in [1.54, 1.807) is 31.4 Å². The molecule has 0 saturated heterocycles. The molecule has 1 N–H and O–H groups in total. The van der Waals surface area contributed by atoms with E-state index in [9.17, 15) is 4.39 Å². The van der Waals surface area contributed by atoms with Crippen molar-refractivity contribution in [2.45, 2.75) is 13.2 Å². The summed E-state index contributed by atoms with van der Waals surface area (Å²) in [6.07, 6.45) is 1.80. The van der Waals surface area contributed by atoms with Gasteiger partial charge < -0.3 is 14.8 Å². The zero-order chi connectivity index (χ0) is 16.7. The highest BCUT2D eigenvalue weighted by atomic mass is 35.5. The van der Waals surface area contributed by atoms with Gasteiger partial charge in [-0.3, -0.25) is 0 Å². The number of nitrogens with one attached hydrogen (secondary N) is 1. The fraction of sp³-hybridized carbons (Fsp3) is 0.222. The molecule has 0 aliphatic heterocycles. The number of hydrogen-bond acceptors (Lipinski definition) is 3. The number of methoxy groups -OCH3 is 1. The monoisotopic (exact) mass is 371 g/mol. The summed E-state index contributed by atoms with van der Waals surface area (Å²) in [5.74, 6) is 0.747. The molecule has 24 heavy (non-hydrogen) atoms. The van der Waals surface area contributed by atoms with Gasteiger partial charge in [0.25, 0.3) is 0 Å². The Balaban J connectivity index is 0.00000288. The Morgan fingerprint density at radius 2 is 2.04 bits per heavy atom. The third-order valence-corrected chi connectivity index (χ3v) is 3.63. The quantitative estimate of drug-likeness (QED) is 0.535. The molecule has 0 atom stereocenters. The molecule has 6 heteroatoms. The highest BCUT2D eigenvalue weighted by Gasteiger charge is 2.10. The molecular formula is C18H20Cl2FNO2. The van der Waals surface area contributed by atoms with E-state index in [0.717, 1.165) is 12.1 Å². The first kappa shape index (κ1) is 20.3. The maximum absolute atomic E-state index is 13.8. The number of halogens is 3. The lowest BCUT2D eigenvalue weighted by Gasteiger charge is -2.13. The maximum Gasteiger partial charge on any atom is 0.161 e. The highest BCUT2D eigenvalue weighted by molar-refractivity contribution is 6.31. The van der Waals surface area contributed by atoms with Crippen LogP contribution in [0.1, 0.15) is 11.1 Å². The summed E-state index contributed by atoms with van der Waals surface area (Å²) in [6.45, 7) is 5.12. The molecule has 0 aromatic heterocycles. The van der Waals surface area contributed by atoms with Crippen LogP contribution >= 0.6 is 24.0 Å². The minimum Gasteiger partial charge on any atom is -0.493 e. The molecule has 0 amide bonds. The van der Waals surface area contributed by atoms with Gasteiger partial charge in [0, 0.05) is 18.7 Å². The predicted molar refractivity (Wildman–Crippen MR) is 97.9 cm³/mol. The molecule has 2 rings (SSSR count). The van der Waals surface area contributed by atoms with Crippen molar-refractivity contribution >= 4 is 24.0 Å². The highest BCUT2D eigenvalue weighted by Crippen LogP contribution is 2.30. The van der Waals surface area contributed by atoms with Crippen LogP contribution in [0, 0.1) is 5.82 Å². The fourth-order valence-electron chi connectivity index (χ4n) is 2.08. The summed E-state index contributed by atoms with van der Waals surface area (Å²) in [4.78, 5) is 0. The normalized spacial score (nSPS) is 9.96. The summed E-state index contributed by atoms with van der Waals surface area (Å²) >= 11 is 6.00. The van der Waals surface area contributed by atoms with Crippen molar-refractivity contribution in [2.75, 3.05) is 13.7 Å². The van der Waals surface area contributed by atoms with Crippen molar-refractivity contribution in [1.82, 2.24) is 5.32 Å². The smallest absolute Gasteiger partial charge is 0.161 e. The third-order valence-electron chi connectivity index (χ3n) is 3.28. The lowest BCUT2D eigenvalue weighted by Crippen LogP contribution is -2.12. The van der Waals surface area contributed by atoms with Crippen molar-refractivity contribution in [2.24, 2.45) is 0 Å². The minimum atomic E-state index is -0.387. The van der Waals surface area contributed by atoms with Crippen LogP contribution in [0.25, 0.3) is 0 Å². The zero-order valence-electron chi connectivity index (χ0n) is 13.4. The van der Waals surface area contributed by atoms with Gasteiger partial charge in [-0.25, -0.2) is 4.39 Å². The first-order valence-corrected chi connectivity index (χ1v) is 7.57. The van der Waals surface area contributed by atoms with Gasteiger partial charge in [0.1, 0.15) is 12.4 Å². The van der Waals surface area contributed by atoms with Gasteiger partial charge in [-0.2, -0.15) is 0 Å². The van der Waals surface area contributed by atoms with E-state index in [1.165, 1.54) is 6.07 Å². The Kier molecular flexibility index (Phi) is 8.61. The van der Waals surface area contributed by atoms with Crippen LogP contribution in [0.15, 0.2) is 49.1 Å². The van der Waals surface area contributed by atoms with Crippen molar-refractivity contribution < 1.29 is 13.9 Å². The molecule has 0 aliphatic carbocycles. The van der Waals surface area contributed by atoms with Gasteiger partial charge in [0.05, 0.1) is 12.1 Å². The van der Waals surface area contributed by atoms with Gasteiger partial charge in [-0.05, 0) is 29.8 Å². The Bertz CT molecular complexity index is 660. The van der Waals surface area contributed by atoms with Gasteiger partial charge in [0.15, 0.2) is 11.5 Å². The van der Waals surface area contributed by atoms with Crippen LogP contribution in [0.4, 0.5) is 4.39 Å². The summed E-state index contributed by atoms with van der Waals surface area (Å²) in [5.41, 5.74) is 1.38. The third kappa shape index (κ3) is 5.41. The Morgan fingerprint density at radius 3 is 2.71 bits per heavy atom. The molecule has 0 bridgehead atoms. The van der Waals surface area contributed by atoms with Crippen LogP contribution in [0.2, 0.25) is 5.02 Å². The molecule has 0 saturated carbocycles. The van der Waals surface area contributed by atoms with Crippen LogP contribution in [0.3, 0.4) is 0 Å². The van der Waals surface area contributed by atoms with Crippen LogP contribution in [-0.2, 0) is 13.2 Å². The predicted octanol–water partition coefficient (Wildman–Crippen LogP) is 4.76. The van der Waals surface area contributed by atoms with Gasteiger partial charge in [-0.1, -0.05) is 29.8 Å². The average Bonchev–Trinajstić information content (AvgIpc) is 2.55. The minimum absolute atomic E-state index is 0. The lowest BCUT2D eigenvalue weighted by molar-refractivity contribution is 0.279. The molecule has 0 spiro atoms. The lowest BCUT2D eigenvalue weighted by atomic mass is 10.2. The van der Waals surface area contributed by atoms with E-state index in [4.69, 9.17) is 21.1 Å². The van der Waals surface area contributed by atoms with E-state index < -0.39 is 0 Å². The zero-order valence-corrected chi connectivity index (χ0v) is 14.9. The SMILES string of the molecule is C=CCNCc1ccc(OCc2c(F)cccc2Cl)c(OC)c1.Cl. The Morgan fingerprint density at radius 1 is 1.25 bits per heavy atom. The topological polar surface area (TPSA) is 30.5 Å². The van der Waals surface area contributed by atoms with Crippen molar-refractivity contribution in [3.63, 3.8) is 0 Å². The number of hydrogen-bond donors (Lipinski definition) is 1. The second kappa shape index (κ2) is 10.2. The molecule has 0 fully saturated rings. The van der Waals surface area contributed by atoms with Crippen molar-refractivity contribution in [3.05, 3.63) is 71.0 Å². The van der Waals surface area contributed by atoms with E-state index in [0.29, 0.717) is 28.6 Å². The number of ether oxygens (including phenoxy) is 2. The van der Waals surface area contributed by atoms with Crippen molar-refractivity contribution in [1.29, 1.82) is 0 Å². The largest absolute Gasteiger partial charge is 0.493 e. The Hall–Kier alpha value is -1.75. The van der Waals surface area contributed by atoms with E-state index in [-0.39, 0.29) is 24.8 Å². The molecule has 2 aromatic rings. The second-order valence-corrected chi connectivity index (χ2v) is 5.30. The Labute approximate surface area is 152 Å².